The molecule has 1 amide bonds. The second-order valence-electron chi connectivity index (χ2n) is 6.30. The van der Waals surface area contributed by atoms with Crippen molar-refractivity contribution in [3.8, 4) is 0 Å². The van der Waals surface area contributed by atoms with Crippen molar-refractivity contribution in [2.24, 2.45) is 0 Å². The minimum Gasteiger partial charge on any atom is -0.364 e. The summed E-state index contributed by atoms with van der Waals surface area (Å²) < 4.78 is 5.67. The first-order valence-electron chi connectivity index (χ1n) is 8.18. The van der Waals surface area contributed by atoms with Crippen LogP contribution < -0.4 is 5.32 Å². The smallest absolute Gasteiger partial charge is 0.248 e. The van der Waals surface area contributed by atoms with Gasteiger partial charge in [-0.05, 0) is 30.9 Å². The van der Waals surface area contributed by atoms with E-state index in [-0.39, 0.29) is 11.3 Å². The van der Waals surface area contributed by atoms with E-state index in [9.17, 15) is 4.79 Å². The van der Waals surface area contributed by atoms with Crippen LogP contribution in [0.4, 0.5) is 0 Å². The predicted octanol–water partition coefficient (Wildman–Crippen LogP) is 3.44. The molecule has 0 aliphatic heterocycles. The highest BCUT2D eigenvalue weighted by atomic mass is 16.5. The van der Waals surface area contributed by atoms with Crippen LogP contribution in [0, 0.1) is 0 Å². The van der Waals surface area contributed by atoms with Gasteiger partial charge in [-0.15, -0.1) is 0 Å². The van der Waals surface area contributed by atoms with E-state index in [1.807, 2.05) is 36.4 Å². The van der Waals surface area contributed by atoms with Gasteiger partial charge in [0.05, 0.1) is 6.61 Å². The Morgan fingerprint density at radius 1 is 1.09 bits per heavy atom. The molecule has 2 aromatic rings. The van der Waals surface area contributed by atoms with Gasteiger partial charge in [-0.1, -0.05) is 60.7 Å². The van der Waals surface area contributed by atoms with Crippen LogP contribution in [-0.2, 0) is 21.6 Å². The zero-order chi connectivity index (χ0) is 16.1. The van der Waals surface area contributed by atoms with E-state index < -0.39 is 6.10 Å². The lowest BCUT2D eigenvalue weighted by Crippen LogP contribution is -2.39. The molecule has 1 aliphatic rings. The summed E-state index contributed by atoms with van der Waals surface area (Å²) in [5.41, 5.74) is 2.53. The third-order valence-electron chi connectivity index (χ3n) is 4.55. The number of hydrogen-bond acceptors (Lipinski definition) is 2. The van der Waals surface area contributed by atoms with E-state index in [1.165, 1.54) is 5.56 Å². The maximum absolute atomic E-state index is 12.2. The van der Waals surface area contributed by atoms with E-state index in [0.29, 0.717) is 13.2 Å². The molecule has 0 spiro atoms. The molecule has 1 saturated carbocycles. The summed E-state index contributed by atoms with van der Waals surface area (Å²) in [5.74, 6) is -0.0388. The Kier molecular flexibility index (Phi) is 4.77. The van der Waals surface area contributed by atoms with E-state index in [4.69, 9.17) is 4.74 Å². The Bertz CT molecular complexity index is 635. The van der Waals surface area contributed by atoms with E-state index >= 15 is 0 Å². The van der Waals surface area contributed by atoms with E-state index in [1.54, 1.807) is 6.92 Å². The first kappa shape index (κ1) is 15.8. The van der Waals surface area contributed by atoms with Crippen LogP contribution in [0.1, 0.15) is 30.9 Å². The predicted molar refractivity (Wildman–Crippen MR) is 91.1 cm³/mol. The molecule has 1 fully saturated rings. The molecule has 0 unspecified atom stereocenters. The van der Waals surface area contributed by atoms with Crippen LogP contribution >= 0.6 is 0 Å². The summed E-state index contributed by atoms with van der Waals surface area (Å²) in [4.78, 5) is 12.2. The lowest BCUT2D eigenvalue weighted by molar-refractivity contribution is -0.132. The Morgan fingerprint density at radius 3 is 2.30 bits per heavy atom. The molecule has 0 radical (unpaired) electrons. The molecule has 3 rings (SSSR count). The maximum atomic E-state index is 12.2. The van der Waals surface area contributed by atoms with Crippen molar-refractivity contribution in [2.45, 2.75) is 37.9 Å². The summed E-state index contributed by atoms with van der Waals surface area (Å²) in [7, 11) is 0. The molecule has 2 aromatic carbocycles. The first-order valence-corrected chi connectivity index (χ1v) is 8.18. The van der Waals surface area contributed by atoms with Gasteiger partial charge in [-0.25, -0.2) is 0 Å². The highest BCUT2D eigenvalue weighted by Gasteiger charge is 2.44. The van der Waals surface area contributed by atoms with Gasteiger partial charge in [0.25, 0.3) is 0 Å². The van der Waals surface area contributed by atoms with Gasteiger partial charge >= 0.3 is 0 Å². The molecule has 0 aromatic heterocycles. The first-order chi connectivity index (χ1) is 11.2. The molecule has 1 N–H and O–H groups in total. The van der Waals surface area contributed by atoms with Crippen LogP contribution in [-0.4, -0.2) is 18.6 Å². The molecule has 120 valence electrons. The lowest BCUT2D eigenvalue weighted by atomic mass is 9.96. The number of carbonyl (C=O) groups excluding carboxylic acids is 1. The van der Waals surface area contributed by atoms with Crippen molar-refractivity contribution in [1.82, 2.24) is 5.32 Å². The summed E-state index contributed by atoms with van der Waals surface area (Å²) in [6.45, 7) is 2.95. The van der Waals surface area contributed by atoms with Gasteiger partial charge in [0.2, 0.25) is 5.91 Å². The minimum absolute atomic E-state index is 0.0388. The molecule has 0 bridgehead atoms. The topological polar surface area (TPSA) is 38.3 Å². The SMILES string of the molecule is C[C@H](OCc1ccccc1)C(=O)NCC1(c2ccccc2)CC1. The monoisotopic (exact) mass is 309 g/mol. The second kappa shape index (κ2) is 6.97. The van der Waals surface area contributed by atoms with Gasteiger partial charge < -0.3 is 10.1 Å². The van der Waals surface area contributed by atoms with Crippen molar-refractivity contribution in [3.63, 3.8) is 0 Å². The normalized spacial score (nSPS) is 16.6. The largest absolute Gasteiger partial charge is 0.364 e. The molecule has 3 heteroatoms. The average molecular weight is 309 g/mol. The molecular weight excluding hydrogens is 286 g/mol. The number of benzene rings is 2. The van der Waals surface area contributed by atoms with Crippen LogP contribution in [0.2, 0.25) is 0 Å². The molecule has 1 atom stereocenters. The fraction of sp³-hybridized carbons (Fsp3) is 0.350. The van der Waals surface area contributed by atoms with Crippen LogP contribution in [0.25, 0.3) is 0 Å². The van der Waals surface area contributed by atoms with Crippen molar-refractivity contribution in [2.75, 3.05) is 6.54 Å². The molecular formula is C20H23NO2. The zero-order valence-electron chi connectivity index (χ0n) is 13.5. The van der Waals surface area contributed by atoms with Gasteiger partial charge in [0.15, 0.2) is 0 Å². The van der Waals surface area contributed by atoms with E-state index in [2.05, 4.69) is 29.6 Å². The maximum Gasteiger partial charge on any atom is 0.248 e. The Labute approximate surface area is 137 Å². The van der Waals surface area contributed by atoms with Crippen molar-refractivity contribution < 1.29 is 9.53 Å². The number of rotatable bonds is 7. The van der Waals surface area contributed by atoms with Crippen molar-refractivity contribution in [1.29, 1.82) is 0 Å². The van der Waals surface area contributed by atoms with Crippen LogP contribution in [0.3, 0.4) is 0 Å². The highest BCUT2D eigenvalue weighted by Crippen LogP contribution is 2.47. The van der Waals surface area contributed by atoms with Crippen molar-refractivity contribution >= 4 is 5.91 Å². The summed E-state index contributed by atoms with van der Waals surface area (Å²) in [6.07, 6.45) is 1.83. The van der Waals surface area contributed by atoms with Gasteiger partial charge in [-0.3, -0.25) is 4.79 Å². The minimum atomic E-state index is -0.443. The third-order valence-corrected chi connectivity index (χ3v) is 4.55. The number of nitrogens with one attached hydrogen (secondary N) is 1. The van der Waals surface area contributed by atoms with Gasteiger partial charge in [-0.2, -0.15) is 0 Å². The Balaban J connectivity index is 1.48. The summed E-state index contributed by atoms with van der Waals surface area (Å²) >= 11 is 0. The highest BCUT2D eigenvalue weighted by molar-refractivity contribution is 5.80. The van der Waals surface area contributed by atoms with Crippen molar-refractivity contribution in [3.05, 3.63) is 71.8 Å². The third kappa shape index (κ3) is 3.99. The quantitative estimate of drug-likeness (QED) is 0.851. The average Bonchev–Trinajstić information content (AvgIpc) is 3.40. The molecule has 23 heavy (non-hydrogen) atoms. The number of hydrogen-bond donors (Lipinski definition) is 1. The van der Waals surface area contributed by atoms with Crippen LogP contribution in [0.5, 0.6) is 0 Å². The number of ether oxygens (including phenoxy) is 1. The molecule has 1 aliphatic carbocycles. The molecule has 0 saturated heterocycles. The number of carbonyl (C=O) groups is 1. The molecule has 3 nitrogen and oxygen atoms in total. The molecule has 0 heterocycles. The fourth-order valence-corrected chi connectivity index (χ4v) is 2.78. The fourth-order valence-electron chi connectivity index (χ4n) is 2.78. The zero-order valence-corrected chi connectivity index (χ0v) is 13.5. The summed E-state index contributed by atoms with van der Waals surface area (Å²) in [6, 6.07) is 20.4. The standard InChI is InChI=1S/C20H23NO2/c1-16(23-14-17-8-4-2-5-9-17)19(22)21-15-20(12-13-20)18-10-6-3-7-11-18/h2-11,16H,12-15H2,1H3,(H,21,22)/t16-/m0/s1. The summed E-state index contributed by atoms with van der Waals surface area (Å²) in [5, 5.41) is 3.06. The van der Waals surface area contributed by atoms with Crippen LogP contribution in [0.15, 0.2) is 60.7 Å². The number of amides is 1. The Hall–Kier alpha value is -2.13. The Morgan fingerprint density at radius 2 is 1.70 bits per heavy atom. The van der Waals surface area contributed by atoms with Gasteiger partial charge in [0.1, 0.15) is 6.10 Å². The second-order valence-corrected chi connectivity index (χ2v) is 6.30. The lowest BCUT2D eigenvalue weighted by Gasteiger charge is -2.19. The van der Waals surface area contributed by atoms with Gasteiger partial charge in [0, 0.05) is 12.0 Å². The van der Waals surface area contributed by atoms with E-state index in [0.717, 1.165) is 18.4 Å².